The van der Waals surface area contributed by atoms with E-state index in [1.54, 1.807) is 22.6 Å². The molecule has 0 atom stereocenters. The average molecular weight is 497 g/mol. The van der Waals surface area contributed by atoms with Gasteiger partial charge in [0.2, 0.25) is 0 Å². The lowest BCUT2D eigenvalue weighted by molar-refractivity contribution is -0.331. The van der Waals surface area contributed by atoms with Crippen molar-refractivity contribution in [3.8, 4) is 5.75 Å². The van der Waals surface area contributed by atoms with Crippen molar-refractivity contribution < 1.29 is 33.3 Å². The van der Waals surface area contributed by atoms with Crippen LogP contribution in [0.5, 0.6) is 5.75 Å². The zero-order valence-corrected chi connectivity index (χ0v) is 13.3. The van der Waals surface area contributed by atoms with Crippen molar-refractivity contribution in [2.45, 2.75) is 5.92 Å². The van der Waals surface area contributed by atoms with E-state index in [9.17, 15) is 28.6 Å². The lowest BCUT2D eigenvalue weighted by atomic mass is 10.2. The molecule has 0 fully saturated rings. The minimum atomic E-state index is -4.28. The fourth-order valence-corrected chi connectivity index (χ4v) is 1.90. The van der Waals surface area contributed by atoms with Gasteiger partial charge in [0.05, 0.1) is 3.57 Å². The molecule has 9 heteroatoms. The summed E-state index contributed by atoms with van der Waals surface area (Å²) in [4.78, 5) is 21.5. The van der Waals surface area contributed by atoms with Crippen LogP contribution in [0.25, 0.3) is 0 Å². The van der Waals surface area contributed by atoms with Crippen LogP contribution in [0.1, 0.15) is 10.4 Å². The van der Waals surface area contributed by atoms with Crippen molar-refractivity contribution in [2.75, 3.05) is 6.61 Å². The molecule has 5 nitrogen and oxygen atoms in total. The quantitative estimate of drug-likeness (QED) is 0.499. The van der Waals surface area contributed by atoms with Gasteiger partial charge in [0.1, 0.15) is 17.3 Å². The zero-order chi connectivity index (χ0) is 14.8. The van der Waals surface area contributed by atoms with Gasteiger partial charge in [-0.3, -0.25) is 0 Å². The van der Waals surface area contributed by atoms with E-state index in [0.29, 0.717) is 7.14 Å². The molecule has 0 aromatic heterocycles. The Bertz CT molecular complexity index is 533. The number of phenolic OH excluding ortho intramolecular Hbond substituents is 1. The molecule has 0 radical (unpaired) electrons. The number of phenols is 1. The lowest BCUT2D eigenvalue weighted by Crippen LogP contribution is -2.45. The van der Waals surface area contributed by atoms with E-state index in [2.05, 4.69) is 4.74 Å². The molecule has 0 bridgehead atoms. The maximum absolute atomic E-state index is 12.7. The van der Waals surface area contributed by atoms with Crippen LogP contribution in [0, 0.1) is 7.14 Å². The van der Waals surface area contributed by atoms with Crippen molar-refractivity contribution >= 4 is 57.1 Å². The Morgan fingerprint density at radius 3 is 2.47 bits per heavy atom. The van der Waals surface area contributed by atoms with Crippen molar-refractivity contribution in [3.05, 3.63) is 24.8 Å². The number of hydrogen-bond acceptors (Lipinski definition) is 5. The molecule has 0 saturated carbocycles. The van der Waals surface area contributed by atoms with Crippen LogP contribution in [-0.2, 0) is 9.53 Å². The van der Waals surface area contributed by atoms with Gasteiger partial charge in [0, 0.05) is 3.57 Å². The van der Waals surface area contributed by atoms with Crippen LogP contribution >= 0.6 is 45.2 Å². The van der Waals surface area contributed by atoms with Gasteiger partial charge in [-0.25, -0.2) is 4.79 Å². The van der Waals surface area contributed by atoms with Crippen molar-refractivity contribution in [1.29, 1.82) is 0 Å². The second kappa shape index (κ2) is 6.15. The first kappa shape index (κ1) is 16.3. The molecule has 0 heterocycles. The SMILES string of the molecule is O=C(OCC(F)(F)C(=O)[O-])c1ccc(I)c(I)c1O. The van der Waals surface area contributed by atoms with Crippen molar-refractivity contribution in [3.63, 3.8) is 0 Å². The van der Waals surface area contributed by atoms with Crippen LogP contribution in [0.3, 0.4) is 0 Å². The topological polar surface area (TPSA) is 86.7 Å². The van der Waals surface area contributed by atoms with E-state index in [-0.39, 0.29) is 5.56 Å². The summed E-state index contributed by atoms with van der Waals surface area (Å²) >= 11 is 3.67. The molecule has 0 unspecified atom stereocenters. The zero-order valence-electron chi connectivity index (χ0n) is 8.95. The van der Waals surface area contributed by atoms with Crippen LogP contribution in [0.15, 0.2) is 12.1 Å². The highest BCUT2D eigenvalue weighted by Crippen LogP contribution is 2.29. The molecular formula is C10H5F2I2O5-. The van der Waals surface area contributed by atoms with E-state index in [1.165, 1.54) is 12.1 Å². The highest BCUT2D eigenvalue weighted by molar-refractivity contribution is 14.1. The minimum absolute atomic E-state index is 0.320. The summed E-state index contributed by atoms with van der Waals surface area (Å²) in [6.45, 7) is -1.66. The molecular weight excluding hydrogens is 492 g/mol. The smallest absolute Gasteiger partial charge is 0.342 e. The van der Waals surface area contributed by atoms with E-state index < -0.39 is 30.2 Å². The predicted octanol–water partition coefficient (Wildman–Crippen LogP) is 1.14. The Morgan fingerprint density at radius 1 is 1.37 bits per heavy atom. The first-order valence-corrected chi connectivity index (χ1v) is 6.76. The number of esters is 1. The number of benzene rings is 1. The first-order valence-electron chi connectivity index (χ1n) is 4.60. The van der Waals surface area contributed by atoms with E-state index in [1.807, 2.05) is 22.6 Å². The Labute approximate surface area is 133 Å². The number of carbonyl (C=O) groups is 2. The second-order valence-electron chi connectivity index (χ2n) is 3.33. The van der Waals surface area contributed by atoms with Gasteiger partial charge < -0.3 is 19.7 Å². The molecule has 0 aliphatic rings. The van der Waals surface area contributed by atoms with Crippen LogP contribution in [0.4, 0.5) is 8.78 Å². The third-order valence-corrected chi connectivity index (χ3v) is 5.00. The maximum Gasteiger partial charge on any atom is 0.342 e. The third-order valence-electron chi connectivity index (χ3n) is 1.97. The standard InChI is InChI=1S/C10H6F2I2O5/c11-10(12,9(17)18)3-19-8(16)4-1-2-5(13)6(14)7(4)15/h1-2,15H,3H2,(H,17,18)/p-1. The molecule has 104 valence electrons. The molecule has 1 aromatic rings. The lowest BCUT2D eigenvalue weighted by Gasteiger charge is -2.17. The van der Waals surface area contributed by atoms with Gasteiger partial charge in [-0.05, 0) is 57.3 Å². The molecule has 1 aromatic carbocycles. The van der Waals surface area contributed by atoms with Gasteiger partial charge in [-0.15, -0.1) is 0 Å². The third kappa shape index (κ3) is 3.87. The molecule has 1 N–H and O–H groups in total. The summed E-state index contributed by atoms with van der Waals surface area (Å²) in [6.07, 6.45) is 0. The van der Waals surface area contributed by atoms with Crippen LogP contribution in [-0.4, -0.2) is 29.6 Å². The number of ether oxygens (including phenoxy) is 1. The molecule has 0 aliphatic heterocycles. The Morgan fingerprint density at radius 2 is 1.95 bits per heavy atom. The number of rotatable bonds is 4. The molecule has 0 amide bonds. The fraction of sp³-hybridized carbons (Fsp3) is 0.200. The normalized spacial score (nSPS) is 11.2. The number of carboxylic acids is 1. The summed E-state index contributed by atoms with van der Waals surface area (Å²) in [7, 11) is 0. The van der Waals surface area contributed by atoms with Gasteiger partial charge in [0.25, 0.3) is 0 Å². The molecule has 1 rings (SSSR count). The van der Waals surface area contributed by atoms with Gasteiger partial charge in [-0.1, -0.05) is 0 Å². The van der Waals surface area contributed by atoms with Gasteiger partial charge >= 0.3 is 11.9 Å². The summed E-state index contributed by atoms with van der Waals surface area (Å²) in [5, 5.41) is 19.7. The van der Waals surface area contributed by atoms with Gasteiger partial charge in [-0.2, -0.15) is 8.78 Å². The molecule has 0 saturated heterocycles. The van der Waals surface area contributed by atoms with Crippen molar-refractivity contribution in [2.24, 2.45) is 0 Å². The molecule has 0 spiro atoms. The maximum atomic E-state index is 12.7. The summed E-state index contributed by atoms with van der Waals surface area (Å²) in [6, 6.07) is 2.67. The van der Waals surface area contributed by atoms with Crippen molar-refractivity contribution in [1.82, 2.24) is 0 Å². The Kier molecular flexibility index (Phi) is 5.29. The Balaban J connectivity index is 2.86. The summed E-state index contributed by atoms with van der Waals surface area (Å²) < 4.78 is 30.5. The largest absolute Gasteiger partial charge is 0.544 e. The molecule has 0 aliphatic carbocycles. The molecule has 19 heavy (non-hydrogen) atoms. The predicted molar refractivity (Wildman–Crippen MR) is 73.8 cm³/mol. The number of carboxylic acid groups (broad SMARTS) is 1. The van der Waals surface area contributed by atoms with Gasteiger partial charge in [0.15, 0.2) is 6.61 Å². The number of aliphatic carboxylic acids is 1. The Hall–Kier alpha value is -0.720. The number of aromatic hydroxyl groups is 1. The number of hydrogen-bond donors (Lipinski definition) is 1. The van der Waals surface area contributed by atoms with Crippen LogP contribution < -0.4 is 5.11 Å². The highest BCUT2D eigenvalue weighted by atomic mass is 127. The number of alkyl halides is 2. The fourth-order valence-electron chi connectivity index (χ4n) is 0.998. The number of halogens is 4. The van der Waals surface area contributed by atoms with E-state index in [0.717, 1.165) is 0 Å². The van der Waals surface area contributed by atoms with Crippen LogP contribution in [0.2, 0.25) is 0 Å². The highest BCUT2D eigenvalue weighted by Gasteiger charge is 2.33. The second-order valence-corrected chi connectivity index (χ2v) is 5.57. The summed E-state index contributed by atoms with van der Waals surface area (Å²) in [5.41, 5.74) is -0.320. The summed E-state index contributed by atoms with van der Waals surface area (Å²) in [5.74, 6) is -8.56. The minimum Gasteiger partial charge on any atom is -0.544 e. The average Bonchev–Trinajstić information content (AvgIpc) is 2.33. The monoisotopic (exact) mass is 497 g/mol. The number of carbonyl (C=O) groups excluding carboxylic acids is 2. The first-order chi connectivity index (χ1) is 8.66. The van der Waals surface area contributed by atoms with E-state index in [4.69, 9.17) is 0 Å². The van der Waals surface area contributed by atoms with E-state index >= 15 is 0 Å².